The van der Waals surface area contributed by atoms with Crippen molar-refractivity contribution in [2.24, 2.45) is 0 Å². The van der Waals surface area contributed by atoms with Gasteiger partial charge in [-0.2, -0.15) is 0 Å². The average Bonchev–Trinajstić information content (AvgIpc) is 2.94. The van der Waals surface area contributed by atoms with Crippen molar-refractivity contribution in [2.75, 3.05) is 7.11 Å². The molecule has 2 aromatic rings. The Bertz CT molecular complexity index is 738. The first kappa shape index (κ1) is 16.2. The van der Waals surface area contributed by atoms with E-state index in [1.807, 2.05) is 26.2 Å². The van der Waals surface area contributed by atoms with Gasteiger partial charge < -0.3 is 15.0 Å². The maximum Gasteiger partial charge on any atom is 0.268 e. The summed E-state index contributed by atoms with van der Waals surface area (Å²) < 4.78 is 4.89. The molecule has 2 rings (SSSR count). The summed E-state index contributed by atoms with van der Waals surface area (Å²) in [4.78, 5) is 31.4. The number of nitrogens with one attached hydrogen (secondary N) is 2. The lowest BCUT2D eigenvalue weighted by Crippen LogP contribution is -2.43. The Hall–Kier alpha value is -2.15. The van der Waals surface area contributed by atoms with Gasteiger partial charge in [-0.1, -0.05) is 6.92 Å². The van der Waals surface area contributed by atoms with E-state index in [1.54, 1.807) is 0 Å². The Morgan fingerprint density at radius 1 is 1.55 bits per heavy atom. The van der Waals surface area contributed by atoms with E-state index in [2.05, 4.69) is 15.3 Å². The molecule has 2 N–H and O–H groups in total. The third kappa shape index (κ3) is 3.19. The van der Waals surface area contributed by atoms with Crippen LogP contribution < -0.4 is 15.5 Å². The van der Waals surface area contributed by atoms with Crippen molar-refractivity contribution in [3.63, 3.8) is 0 Å². The summed E-state index contributed by atoms with van der Waals surface area (Å²) in [6.07, 6.45) is 2.07. The highest BCUT2D eigenvalue weighted by Crippen LogP contribution is 2.27. The summed E-state index contributed by atoms with van der Waals surface area (Å²) in [6.45, 7) is 5.82. The molecule has 1 amide bonds. The molecule has 0 aliphatic rings. The van der Waals surface area contributed by atoms with Crippen molar-refractivity contribution >= 4 is 17.2 Å². The second-order valence-corrected chi connectivity index (χ2v) is 6.07. The molecular formula is C15H19N3O3S. The molecule has 2 heterocycles. The van der Waals surface area contributed by atoms with E-state index in [4.69, 9.17) is 4.74 Å². The molecule has 0 saturated heterocycles. The minimum absolute atomic E-state index is 0.172. The van der Waals surface area contributed by atoms with Crippen molar-refractivity contribution in [2.45, 2.75) is 32.7 Å². The van der Waals surface area contributed by atoms with Crippen LogP contribution >= 0.6 is 11.3 Å². The molecule has 0 fully saturated rings. The predicted octanol–water partition coefficient (Wildman–Crippen LogP) is 2.20. The van der Waals surface area contributed by atoms with Gasteiger partial charge in [-0.3, -0.25) is 9.59 Å². The Morgan fingerprint density at radius 3 is 2.77 bits per heavy atom. The summed E-state index contributed by atoms with van der Waals surface area (Å²) in [5.41, 5.74) is 0.201. The van der Waals surface area contributed by atoms with Crippen molar-refractivity contribution in [1.82, 2.24) is 15.3 Å². The fourth-order valence-corrected chi connectivity index (χ4v) is 2.95. The summed E-state index contributed by atoms with van der Waals surface area (Å²) >= 11 is 1.51. The van der Waals surface area contributed by atoms with Crippen molar-refractivity contribution in [3.05, 3.63) is 44.3 Å². The largest absolute Gasteiger partial charge is 0.491 e. The van der Waals surface area contributed by atoms with Gasteiger partial charge >= 0.3 is 0 Å². The number of carbonyl (C=O) groups excluding carboxylic acids is 1. The monoisotopic (exact) mass is 321 g/mol. The SMILES string of the molecule is CCC(C)(NC(=O)c1cc(=O)c(OC)c[nH]1)c1nc(C)cs1. The fraction of sp³-hybridized carbons (Fsp3) is 0.400. The van der Waals surface area contributed by atoms with Gasteiger partial charge in [0.1, 0.15) is 10.7 Å². The van der Waals surface area contributed by atoms with E-state index >= 15 is 0 Å². The minimum atomic E-state index is -0.577. The number of H-pyrrole nitrogens is 1. The minimum Gasteiger partial charge on any atom is -0.491 e. The molecule has 0 spiro atoms. The van der Waals surface area contributed by atoms with E-state index in [0.717, 1.165) is 10.7 Å². The number of amides is 1. The Morgan fingerprint density at radius 2 is 2.27 bits per heavy atom. The Kier molecular flexibility index (Phi) is 4.65. The predicted molar refractivity (Wildman–Crippen MR) is 85.6 cm³/mol. The number of aromatic amines is 1. The lowest BCUT2D eigenvalue weighted by molar-refractivity contribution is 0.0896. The number of aryl methyl sites for hydroxylation is 1. The normalized spacial score (nSPS) is 13.5. The number of pyridine rings is 1. The molecule has 0 radical (unpaired) electrons. The van der Waals surface area contributed by atoms with Crippen LogP contribution in [-0.2, 0) is 5.54 Å². The topological polar surface area (TPSA) is 84.1 Å². The summed E-state index contributed by atoms with van der Waals surface area (Å²) in [5, 5.41) is 5.74. The molecule has 0 aliphatic carbocycles. The van der Waals surface area contributed by atoms with Gasteiger partial charge in [0.15, 0.2) is 5.75 Å². The number of rotatable bonds is 5. The second-order valence-electron chi connectivity index (χ2n) is 5.21. The van der Waals surface area contributed by atoms with Crippen LogP contribution in [0.2, 0.25) is 0 Å². The quantitative estimate of drug-likeness (QED) is 0.884. The number of methoxy groups -OCH3 is 1. The van der Waals surface area contributed by atoms with Gasteiger partial charge in [0.25, 0.3) is 5.91 Å². The van der Waals surface area contributed by atoms with Crippen LogP contribution in [0.25, 0.3) is 0 Å². The highest BCUT2D eigenvalue weighted by Gasteiger charge is 2.30. The number of ether oxygens (including phenoxy) is 1. The van der Waals surface area contributed by atoms with Crippen molar-refractivity contribution < 1.29 is 9.53 Å². The van der Waals surface area contributed by atoms with E-state index in [0.29, 0.717) is 6.42 Å². The highest BCUT2D eigenvalue weighted by atomic mass is 32.1. The first-order valence-corrected chi connectivity index (χ1v) is 7.79. The molecular weight excluding hydrogens is 302 g/mol. The third-order valence-electron chi connectivity index (χ3n) is 3.53. The third-order valence-corrected chi connectivity index (χ3v) is 4.75. The molecule has 1 atom stereocenters. The van der Waals surface area contributed by atoms with Crippen molar-refractivity contribution in [3.8, 4) is 5.75 Å². The maximum absolute atomic E-state index is 12.4. The van der Waals surface area contributed by atoms with Crippen LogP contribution in [0.15, 0.2) is 22.4 Å². The summed E-state index contributed by atoms with van der Waals surface area (Å²) in [7, 11) is 1.41. The molecule has 6 nitrogen and oxygen atoms in total. The molecule has 22 heavy (non-hydrogen) atoms. The number of nitrogens with zero attached hydrogens (tertiary/aromatic N) is 1. The Balaban J connectivity index is 2.26. The molecule has 0 aliphatic heterocycles. The molecule has 0 saturated carbocycles. The van der Waals surface area contributed by atoms with Crippen LogP contribution in [0.4, 0.5) is 0 Å². The maximum atomic E-state index is 12.4. The zero-order chi connectivity index (χ0) is 16.3. The number of carbonyl (C=O) groups is 1. The number of hydrogen-bond donors (Lipinski definition) is 2. The number of hydrogen-bond acceptors (Lipinski definition) is 5. The first-order chi connectivity index (χ1) is 10.4. The van der Waals surface area contributed by atoms with Crippen LogP contribution in [0, 0.1) is 6.92 Å². The molecule has 1 unspecified atom stereocenters. The van der Waals surface area contributed by atoms with Gasteiger partial charge in [0, 0.05) is 23.3 Å². The van der Waals surface area contributed by atoms with Gasteiger partial charge in [-0.25, -0.2) is 4.98 Å². The molecule has 2 aromatic heterocycles. The first-order valence-electron chi connectivity index (χ1n) is 6.91. The van der Waals surface area contributed by atoms with E-state index in [9.17, 15) is 9.59 Å². The Labute approximate surface area is 132 Å². The molecule has 0 aromatic carbocycles. The molecule has 7 heteroatoms. The molecule has 118 valence electrons. The van der Waals surface area contributed by atoms with Crippen LogP contribution in [0.1, 0.15) is 41.5 Å². The van der Waals surface area contributed by atoms with Crippen LogP contribution in [0.5, 0.6) is 5.75 Å². The lowest BCUT2D eigenvalue weighted by atomic mass is 9.99. The lowest BCUT2D eigenvalue weighted by Gasteiger charge is -2.27. The van der Waals surface area contributed by atoms with E-state index < -0.39 is 5.54 Å². The van der Waals surface area contributed by atoms with Crippen molar-refractivity contribution in [1.29, 1.82) is 0 Å². The second kappa shape index (κ2) is 6.31. The van der Waals surface area contributed by atoms with Crippen LogP contribution in [-0.4, -0.2) is 23.0 Å². The average molecular weight is 321 g/mol. The van der Waals surface area contributed by atoms with Gasteiger partial charge in [0.2, 0.25) is 5.43 Å². The summed E-state index contributed by atoms with van der Waals surface area (Å²) in [6, 6.07) is 1.23. The molecule has 0 bridgehead atoms. The number of aromatic nitrogens is 2. The number of thiazole rings is 1. The zero-order valence-electron chi connectivity index (χ0n) is 13.0. The van der Waals surface area contributed by atoms with E-state index in [-0.39, 0.29) is 22.8 Å². The highest BCUT2D eigenvalue weighted by molar-refractivity contribution is 7.09. The van der Waals surface area contributed by atoms with Gasteiger partial charge in [0.05, 0.1) is 12.6 Å². The van der Waals surface area contributed by atoms with Gasteiger partial charge in [-0.05, 0) is 20.3 Å². The smallest absolute Gasteiger partial charge is 0.268 e. The fourth-order valence-electron chi connectivity index (χ4n) is 1.97. The van der Waals surface area contributed by atoms with E-state index in [1.165, 1.54) is 30.7 Å². The van der Waals surface area contributed by atoms with Crippen LogP contribution in [0.3, 0.4) is 0 Å². The van der Waals surface area contributed by atoms with Gasteiger partial charge in [-0.15, -0.1) is 11.3 Å². The summed E-state index contributed by atoms with van der Waals surface area (Å²) in [5.74, 6) is -0.178. The zero-order valence-corrected chi connectivity index (χ0v) is 13.8. The standard InChI is InChI=1S/C15H19N3O3S/c1-5-15(3,14-17-9(2)8-22-14)18-13(20)10-6-11(19)12(21-4)7-16-10/h6-8H,5H2,1-4H3,(H,16,19)(H,18,20).